The number of amides is 1. The first kappa shape index (κ1) is 14.1. The lowest BCUT2D eigenvalue weighted by molar-refractivity contribution is -0.138. The number of benzene rings is 2. The fourth-order valence-corrected chi connectivity index (χ4v) is 2.51. The number of hydrogen-bond donors (Lipinski definition) is 1. The van der Waals surface area contributed by atoms with Crippen molar-refractivity contribution in [1.82, 2.24) is 0 Å². The summed E-state index contributed by atoms with van der Waals surface area (Å²) in [6.45, 7) is 1.53. The maximum atomic E-state index is 12.6. The Kier molecular flexibility index (Phi) is 3.55. The van der Waals surface area contributed by atoms with Crippen molar-refractivity contribution in [2.45, 2.75) is 13.0 Å². The average Bonchev–Trinajstić information content (AvgIpc) is 2.50. The van der Waals surface area contributed by atoms with Gasteiger partial charge in [0.15, 0.2) is 0 Å². The molecule has 0 saturated heterocycles. The van der Waals surface area contributed by atoms with Gasteiger partial charge in [0.05, 0.1) is 5.69 Å². The number of aliphatic carboxylic acids is 1. The Morgan fingerprint density at radius 1 is 1.23 bits per heavy atom. The van der Waals surface area contributed by atoms with Gasteiger partial charge in [0, 0.05) is 5.56 Å². The number of rotatable bonds is 3. The van der Waals surface area contributed by atoms with E-state index in [1.807, 2.05) is 37.3 Å². The fourth-order valence-electron chi connectivity index (χ4n) is 2.51. The lowest BCUT2D eigenvalue weighted by Crippen LogP contribution is -2.43. The van der Waals surface area contributed by atoms with Crippen molar-refractivity contribution in [3.8, 4) is 5.75 Å². The monoisotopic (exact) mass is 297 g/mol. The predicted molar refractivity (Wildman–Crippen MR) is 81.0 cm³/mol. The van der Waals surface area contributed by atoms with Gasteiger partial charge in [0.2, 0.25) is 6.10 Å². The molecule has 112 valence electrons. The first-order chi connectivity index (χ1) is 10.6. The lowest BCUT2D eigenvalue weighted by Gasteiger charge is -2.33. The van der Waals surface area contributed by atoms with Gasteiger partial charge in [-0.05, 0) is 24.6 Å². The van der Waals surface area contributed by atoms with E-state index in [1.54, 1.807) is 18.2 Å². The summed E-state index contributed by atoms with van der Waals surface area (Å²) in [6, 6.07) is 14.4. The van der Waals surface area contributed by atoms with Gasteiger partial charge in [-0.3, -0.25) is 14.5 Å². The van der Waals surface area contributed by atoms with Crippen molar-refractivity contribution in [3.63, 3.8) is 0 Å². The Morgan fingerprint density at radius 2 is 1.95 bits per heavy atom. The number of fused-ring (bicyclic) bond motifs is 1. The molecule has 1 aliphatic heterocycles. The molecule has 0 radical (unpaired) electrons. The molecule has 1 heterocycles. The van der Waals surface area contributed by atoms with Crippen LogP contribution in [0.1, 0.15) is 17.2 Å². The molecule has 0 aromatic heterocycles. The lowest BCUT2D eigenvalue weighted by atomic mass is 10.0. The molecule has 22 heavy (non-hydrogen) atoms. The number of carbonyl (C=O) groups is 2. The SMILES string of the molecule is Cc1ccc2c(c1)OC(c1ccccc1)C(=O)N2CC(=O)O. The molecule has 0 aliphatic carbocycles. The zero-order chi connectivity index (χ0) is 15.7. The van der Waals surface area contributed by atoms with E-state index in [4.69, 9.17) is 9.84 Å². The van der Waals surface area contributed by atoms with E-state index < -0.39 is 12.1 Å². The summed E-state index contributed by atoms with van der Waals surface area (Å²) in [5, 5.41) is 9.09. The van der Waals surface area contributed by atoms with Gasteiger partial charge in [-0.2, -0.15) is 0 Å². The summed E-state index contributed by atoms with van der Waals surface area (Å²) in [5.74, 6) is -0.909. The average molecular weight is 297 g/mol. The molecule has 1 N–H and O–H groups in total. The molecular formula is C17H15NO4. The predicted octanol–water partition coefficient (Wildman–Crippen LogP) is 2.55. The molecular weight excluding hydrogens is 282 g/mol. The van der Waals surface area contributed by atoms with E-state index in [0.717, 1.165) is 5.56 Å². The standard InChI is InChI=1S/C17H15NO4/c1-11-7-8-13-14(9-11)22-16(12-5-3-2-4-6-12)17(21)18(13)10-15(19)20/h2-9,16H,10H2,1H3,(H,19,20). The van der Waals surface area contributed by atoms with Crippen molar-refractivity contribution in [3.05, 3.63) is 59.7 Å². The van der Waals surface area contributed by atoms with Gasteiger partial charge in [-0.15, -0.1) is 0 Å². The van der Waals surface area contributed by atoms with Crippen LogP contribution in [-0.4, -0.2) is 23.5 Å². The van der Waals surface area contributed by atoms with Gasteiger partial charge in [0.1, 0.15) is 12.3 Å². The molecule has 1 amide bonds. The first-order valence-electron chi connectivity index (χ1n) is 6.91. The fraction of sp³-hybridized carbons (Fsp3) is 0.176. The zero-order valence-electron chi connectivity index (χ0n) is 12.0. The largest absolute Gasteiger partial charge is 0.480 e. The van der Waals surface area contributed by atoms with E-state index in [2.05, 4.69) is 0 Å². The third-order valence-corrected chi connectivity index (χ3v) is 3.54. The van der Waals surface area contributed by atoms with Crippen LogP contribution < -0.4 is 9.64 Å². The minimum absolute atomic E-state index is 0.370. The normalized spacial score (nSPS) is 16.9. The Labute approximate surface area is 127 Å². The van der Waals surface area contributed by atoms with Crippen LogP contribution in [0, 0.1) is 6.92 Å². The van der Waals surface area contributed by atoms with Crippen molar-refractivity contribution < 1.29 is 19.4 Å². The van der Waals surface area contributed by atoms with E-state index in [0.29, 0.717) is 17.0 Å². The van der Waals surface area contributed by atoms with Gasteiger partial charge >= 0.3 is 5.97 Å². The van der Waals surface area contributed by atoms with Crippen LogP contribution >= 0.6 is 0 Å². The maximum Gasteiger partial charge on any atom is 0.323 e. The van der Waals surface area contributed by atoms with Gasteiger partial charge in [-0.25, -0.2) is 0 Å². The van der Waals surface area contributed by atoms with Crippen molar-refractivity contribution >= 4 is 17.6 Å². The number of carboxylic acids is 1. The summed E-state index contributed by atoms with van der Waals surface area (Å²) in [4.78, 5) is 25.0. The molecule has 2 aromatic carbocycles. The second kappa shape index (κ2) is 5.52. The van der Waals surface area contributed by atoms with E-state index in [1.165, 1.54) is 4.90 Å². The molecule has 0 bridgehead atoms. The zero-order valence-corrected chi connectivity index (χ0v) is 12.0. The minimum atomic E-state index is -1.06. The Balaban J connectivity index is 2.06. The second-order valence-electron chi connectivity index (χ2n) is 5.20. The Hall–Kier alpha value is -2.82. The molecule has 5 nitrogen and oxygen atoms in total. The highest BCUT2D eigenvalue weighted by Gasteiger charge is 2.36. The van der Waals surface area contributed by atoms with Crippen molar-refractivity contribution in [2.24, 2.45) is 0 Å². The molecule has 1 unspecified atom stereocenters. The number of ether oxygens (including phenoxy) is 1. The van der Waals surface area contributed by atoms with Crippen molar-refractivity contribution in [2.75, 3.05) is 11.4 Å². The quantitative estimate of drug-likeness (QED) is 0.945. The smallest absolute Gasteiger partial charge is 0.323 e. The number of carbonyl (C=O) groups excluding carboxylic acids is 1. The first-order valence-corrected chi connectivity index (χ1v) is 6.91. The van der Waals surface area contributed by atoms with Crippen molar-refractivity contribution in [1.29, 1.82) is 0 Å². The number of hydrogen-bond acceptors (Lipinski definition) is 3. The third kappa shape index (κ3) is 2.53. The van der Waals surface area contributed by atoms with E-state index in [9.17, 15) is 9.59 Å². The van der Waals surface area contributed by atoms with Crippen LogP contribution in [0.5, 0.6) is 5.75 Å². The molecule has 5 heteroatoms. The number of anilines is 1. The topological polar surface area (TPSA) is 66.8 Å². The highest BCUT2D eigenvalue weighted by Crippen LogP contribution is 2.39. The molecule has 0 spiro atoms. The van der Waals surface area contributed by atoms with Crippen LogP contribution in [0.2, 0.25) is 0 Å². The van der Waals surface area contributed by atoms with Gasteiger partial charge in [0.25, 0.3) is 5.91 Å². The summed E-state index contributed by atoms with van der Waals surface area (Å²) in [7, 11) is 0. The molecule has 3 rings (SSSR count). The summed E-state index contributed by atoms with van der Waals surface area (Å²) < 4.78 is 5.84. The number of nitrogens with zero attached hydrogens (tertiary/aromatic N) is 1. The molecule has 1 atom stereocenters. The number of aryl methyl sites for hydroxylation is 1. The third-order valence-electron chi connectivity index (χ3n) is 3.54. The minimum Gasteiger partial charge on any atom is -0.480 e. The summed E-state index contributed by atoms with van der Waals surface area (Å²) >= 11 is 0. The summed E-state index contributed by atoms with van der Waals surface area (Å²) in [6.07, 6.45) is -0.824. The molecule has 2 aromatic rings. The van der Waals surface area contributed by atoms with E-state index >= 15 is 0 Å². The van der Waals surface area contributed by atoms with Crippen LogP contribution in [0.4, 0.5) is 5.69 Å². The molecule has 1 aliphatic rings. The van der Waals surface area contributed by atoms with Gasteiger partial charge < -0.3 is 9.84 Å². The van der Waals surface area contributed by atoms with Crippen LogP contribution in [0.25, 0.3) is 0 Å². The Morgan fingerprint density at radius 3 is 2.64 bits per heavy atom. The second-order valence-corrected chi connectivity index (χ2v) is 5.20. The summed E-state index contributed by atoms with van der Waals surface area (Å²) in [5.41, 5.74) is 2.18. The van der Waals surface area contributed by atoms with Crippen LogP contribution in [0.15, 0.2) is 48.5 Å². The highest BCUT2D eigenvalue weighted by atomic mass is 16.5. The Bertz CT molecular complexity index is 727. The molecule has 0 saturated carbocycles. The van der Waals surface area contributed by atoms with Crippen LogP contribution in [0.3, 0.4) is 0 Å². The molecule has 0 fully saturated rings. The number of carboxylic acid groups (broad SMARTS) is 1. The van der Waals surface area contributed by atoms with Crippen LogP contribution in [-0.2, 0) is 9.59 Å². The van der Waals surface area contributed by atoms with Gasteiger partial charge in [-0.1, -0.05) is 36.4 Å². The highest BCUT2D eigenvalue weighted by molar-refractivity contribution is 6.03. The van der Waals surface area contributed by atoms with E-state index in [-0.39, 0.29) is 12.5 Å². The maximum absolute atomic E-state index is 12.6.